The van der Waals surface area contributed by atoms with E-state index < -0.39 is 16.8 Å². The van der Waals surface area contributed by atoms with Gasteiger partial charge >= 0.3 is 11.9 Å². The minimum Gasteiger partial charge on any atom is -0.497 e. The van der Waals surface area contributed by atoms with Crippen LogP contribution >= 0.6 is 0 Å². The van der Waals surface area contributed by atoms with E-state index in [1.807, 2.05) is 42.5 Å². The zero-order valence-corrected chi connectivity index (χ0v) is 16.7. The molecule has 0 aliphatic heterocycles. The van der Waals surface area contributed by atoms with Crippen LogP contribution in [0.15, 0.2) is 42.5 Å². The molecule has 0 aromatic heterocycles. The number of carboxylic acid groups (broad SMARTS) is 1. The van der Waals surface area contributed by atoms with Crippen LogP contribution in [0, 0.1) is 0 Å². The minimum atomic E-state index is -0.816. The number of hydrogen-bond acceptors (Lipinski definition) is 5. The highest BCUT2D eigenvalue weighted by atomic mass is 16.5. The predicted octanol–water partition coefficient (Wildman–Crippen LogP) is 3.42. The summed E-state index contributed by atoms with van der Waals surface area (Å²) in [6, 6.07) is 12.9. The minimum absolute atomic E-state index is 0.150. The van der Waals surface area contributed by atoms with Crippen molar-refractivity contribution in [1.82, 2.24) is 0 Å². The van der Waals surface area contributed by atoms with Crippen LogP contribution in [0.1, 0.15) is 41.9 Å². The zero-order chi connectivity index (χ0) is 20.8. The quantitative estimate of drug-likeness (QED) is 0.722. The molecule has 0 radical (unpaired) electrons. The fourth-order valence-corrected chi connectivity index (χ4v) is 4.43. The molecule has 2 saturated carbocycles. The number of benzene rings is 2. The first kappa shape index (κ1) is 19.3. The second kappa shape index (κ2) is 6.79. The first-order valence-electron chi connectivity index (χ1n) is 9.57. The Kier molecular flexibility index (Phi) is 4.52. The monoisotopic (exact) mass is 396 g/mol. The molecule has 29 heavy (non-hydrogen) atoms. The lowest BCUT2D eigenvalue weighted by Gasteiger charge is -2.19. The van der Waals surface area contributed by atoms with E-state index in [2.05, 4.69) is 0 Å². The van der Waals surface area contributed by atoms with E-state index >= 15 is 0 Å². The van der Waals surface area contributed by atoms with Gasteiger partial charge in [-0.3, -0.25) is 9.59 Å². The summed E-state index contributed by atoms with van der Waals surface area (Å²) in [6.07, 6.45) is 1.82. The van der Waals surface area contributed by atoms with E-state index in [1.54, 1.807) is 14.2 Å². The van der Waals surface area contributed by atoms with E-state index in [0.29, 0.717) is 30.8 Å². The molecule has 0 spiro atoms. The Morgan fingerprint density at radius 3 is 2.14 bits per heavy atom. The van der Waals surface area contributed by atoms with E-state index in [0.717, 1.165) is 16.7 Å². The third kappa shape index (κ3) is 2.85. The lowest BCUT2D eigenvalue weighted by atomic mass is 9.88. The molecule has 6 heteroatoms. The molecule has 2 aliphatic carbocycles. The zero-order valence-electron chi connectivity index (χ0n) is 16.7. The van der Waals surface area contributed by atoms with Gasteiger partial charge in [-0.2, -0.15) is 0 Å². The van der Waals surface area contributed by atoms with Crippen LogP contribution in [0.2, 0.25) is 0 Å². The molecule has 0 bridgehead atoms. The van der Waals surface area contributed by atoms with Crippen molar-refractivity contribution >= 4 is 11.9 Å². The summed E-state index contributed by atoms with van der Waals surface area (Å²) in [7, 11) is 4.57. The van der Waals surface area contributed by atoms with Gasteiger partial charge in [0, 0.05) is 5.92 Å². The number of rotatable bonds is 7. The van der Waals surface area contributed by atoms with Crippen molar-refractivity contribution in [3.63, 3.8) is 0 Å². The fourth-order valence-electron chi connectivity index (χ4n) is 4.43. The normalized spacial score (nSPS) is 23.8. The molecule has 152 valence electrons. The van der Waals surface area contributed by atoms with Crippen LogP contribution in [0.3, 0.4) is 0 Å². The summed E-state index contributed by atoms with van der Waals surface area (Å²) in [4.78, 5) is 24.6. The highest BCUT2D eigenvalue weighted by molar-refractivity contribution is 5.90. The Bertz CT molecular complexity index is 960. The van der Waals surface area contributed by atoms with Gasteiger partial charge in [-0.15, -0.1) is 0 Å². The van der Waals surface area contributed by atoms with Crippen molar-refractivity contribution in [3.8, 4) is 11.5 Å². The van der Waals surface area contributed by atoms with Crippen LogP contribution in [0.4, 0.5) is 0 Å². The van der Waals surface area contributed by atoms with Crippen molar-refractivity contribution in [2.24, 2.45) is 0 Å². The number of carbonyl (C=O) groups excluding carboxylic acids is 1. The largest absolute Gasteiger partial charge is 0.497 e. The molecule has 0 heterocycles. The number of aliphatic carboxylic acids is 1. The lowest BCUT2D eigenvalue weighted by Crippen LogP contribution is -2.24. The molecule has 4 rings (SSSR count). The highest BCUT2D eigenvalue weighted by Gasteiger charge is 2.64. The van der Waals surface area contributed by atoms with Gasteiger partial charge in [0.05, 0.1) is 26.7 Å². The molecule has 1 N–H and O–H groups in total. The van der Waals surface area contributed by atoms with Crippen LogP contribution in [-0.4, -0.2) is 38.4 Å². The topological polar surface area (TPSA) is 82.1 Å². The van der Waals surface area contributed by atoms with Gasteiger partial charge in [-0.05, 0) is 54.2 Å². The van der Waals surface area contributed by atoms with Crippen molar-refractivity contribution in [2.45, 2.75) is 36.0 Å². The molecule has 2 aromatic carbocycles. The fraction of sp³-hybridized carbons (Fsp3) is 0.391. The van der Waals surface area contributed by atoms with E-state index in [-0.39, 0.29) is 11.9 Å². The number of methoxy groups -OCH3 is 3. The molecule has 2 fully saturated rings. The number of hydrogen-bond donors (Lipinski definition) is 1. The van der Waals surface area contributed by atoms with Gasteiger partial charge in [0.25, 0.3) is 0 Å². The van der Waals surface area contributed by atoms with Gasteiger partial charge in [-0.25, -0.2) is 0 Å². The number of carboxylic acids is 1. The second-order valence-corrected chi connectivity index (χ2v) is 7.79. The molecule has 0 amide bonds. The smallest absolute Gasteiger partial charge is 0.316 e. The Morgan fingerprint density at radius 1 is 0.966 bits per heavy atom. The first-order valence-corrected chi connectivity index (χ1v) is 9.57. The highest BCUT2D eigenvalue weighted by Crippen LogP contribution is 2.63. The predicted molar refractivity (Wildman–Crippen MR) is 106 cm³/mol. The summed E-state index contributed by atoms with van der Waals surface area (Å²) < 4.78 is 15.9. The van der Waals surface area contributed by atoms with Crippen molar-refractivity contribution in [3.05, 3.63) is 59.2 Å². The molecule has 0 saturated heterocycles. The summed E-state index contributed by atoms with van der Waals surface area (Å²) >= 11 is 0. The third-order valence-electron chi connectivity index (χ3n) is 6.43. The molecular weight excluding hydrogens is 372 g/mol. The Morgan fingerprint density at radius 2 is 1.62 bits per heavy atom. The average molecular weight is 396 g/mol. The maximum absolute atomic E-state index is 12.8. The van der Waals surface area contributed by atoms with Gasteiger partial charge in [-0.1, -0.05) is 24.3 Å². The number of ether oxygens (including phenoxy) is 3. The summed E-state index contributed by atoms with van der Waals surface area (Å²) in [6.45, 7) is 0. The molecule has 2 atom stereocenters. The van der Waals surface area contributed by atoms with Crippen LogP contribution in [0.5, 0.6) is 11.5 Å². The Labute approximate surface area is 169 Å². The van der Waals surface area contributed by atoms with Crippen LogP contribution in [0.25, 0.3) is 0 Å². The van der Waals surface area contributed by atoms with E-state index in [4.69, 9.17) is 14.2 Å². The lowest BCUT2D eigenvalue weighted by molar-refractivity contribution is -0.144. The van der Waals surface area contributed by atoms with Gasteiger partial charge in [0.2, 0.25) is 0 Å². The second-order valence-electron chi connectivity index (χ2n) is 7.79. The summed E-state index contributed by atoms with van der Waals surface area (Å²) in [5.41, 5.74) is 0.832. The van der Waals surface area contributed by atoms with Gasteiger partial charge < -0.3 is 19.3 Å². The SMILES string of the molecule is COC(=O)C1(c2ccc(OC)cc2)CC1c1cc(C2(C(=O)O)CC2)ccc1OC. The molecule has 6 nitrogen and oxygen atoms in total. The van der Waals surface area contributed by atoms with Gasteiger partial charge in [0.1, 0.15) is 16.9 Å². The Hall–Kier alpha value is -3.02. The van der Waals surface area contributed by atoms with Crippen LogP contribution < -0.4 is 9.47 Å². The number of carbonyl (C=O) groups is 2. The third-order valence-corrected chi connectivity index (χ3v) is 6.43. The first-order chi connectivity index (χ1) is 13.9. The summed E-state index contributed by atoms with van der Waals surface area (Å²) in [5.74, 6) is 0.100. The Balaban J connectivity index is 1.77. The maximum Gasteiger partial charge on any atom is 0.316 e. The molecule has 2 aliphatic rings. The van der Waals surface area contributed by atoms with E-state index in [1.165, 1.54) is 7.11 Å². The summed E-state index contributed by atoms with van der Waals surface area (Å²) in [5, 5.41) is 9.67. The van der Waals surface area contributed by atoms with Crippen molar-refractivity contribution in [1.29, 1.82) is 0 Å². The molecular formula is C23H24O6. The number of esters is 1. The van der Waals surface area contributed by atoms with E-state index in [9.17, 15) is 14.7 Å². The standard InChI is InChI=1S/C23H24O6/c1-27-16-7-4-14(5-8-16)23(21(26)29-3)13-18(23)17-12-15(6-9-19(17)28-2)22(10-11-22)20(24)25/h4-9,12,18H,10-11,13H2,1-3H3,(H,24,25). The van der Waals surface area contributed by atoms with Crippen molar-refractivity contribution in [2.75, 3.05) is 21.3 Å². The molecule has 2 unspecified atom stereocenters. The van der Waals surface area contributed by atoms with Crippen molar-refractivity contribution < 1.29 is 28.9 Å². The van der Waals surface area contributed by atoms with Crippen LogP contribution in [-0.2, 0) is 25.2 Å². The maximum atomic E-state index is 12.8. The average Bonchev–Trinajstić information content (AvgIpc) is 3.66. The van der Waals surface area contributed by atoms with Gasteiger partial charge in [0.15, 0.2) is 0 Å². The molecule has 2 aromatic rings.